The topological polar surface area (TPSA) is 51.1 Å². The van der Waals surface area contributed by atoms with Gasteiger partial charge in [0.1, 0.15) is 5.75 Å². The summed E-state index contributed by atoms with van der Waals surface area (Å²) in [4.78, 5) is 0. The van der Waals surface area contributed by atoms with Gasteiger partial charge in [-0.1, -0.05) is 6.07 Å². The molecule has 0 fully saturated rings. The van der Waals surface area contributed by atoms with Gasteiger partial charge in [-0.2, -0.15) is 5.10 Å². The van der Waals surface area contributed by atoms with Crippen LogP contribution in [0.3, 0.4) is 0 Å². The summed E-state index contributed by atoms with van der Waals surface area (Å²) in [7, 11) is 1.65. The maximum Gasteiger partial charge on any atom is 0.171 e. The molecule has 0 saturated carbocycles. The second-order valence-electron chi connectivity index (χ2n) is 5.48. The summed E-state index contributed by atoms with van der Waals surface area (Å²) in [5, 5.41) is 11.5. The number of rotatable bonds is 5. The van der Waals surface area contributed by atoms with Crippen LogP contribution in [0.1, 0.15) is 29.4 Å². The van der Waals surface area contributed by atoms with Crippen molar-refractivity contribution in [2.24, 2.45) is 0 Å². The van der Waals surface area contributed by atoms with E-state index in [-0.39, 0.29) is 0 Å². The first kappa shape index (κ1) is 17.3. The van der Waals surface area contributed by atoms with E-state index in [0.29, 0.717) is 11.7 Å². The molecule has 124 valence electrons. The van der Waals surface area contributed by atoms with Crippen LogP contribution in [0.15, 0.2) is 18.2 Å². The summed E-state index contributed by atoms with van der Waals surface area (Å²) in [6, 6.07) is 5.95. The summed E-state index contributed by atoms with van der Waals surface area (Å²) < 4.78 is 7.36. The van der Waals surface area contributed by atoms with Crippen molar-refractivity contribution in [3.63, 3.8) is 0 Å². The molecule has 1 aromatic carbocycles. The molecule has 6 heteroatoms. The Balaban J connectivity index is 2.04. The van der Waals surface area contributed by atoms with Crippen LogP contribution in [0.4, 0.5) is 5.69 Å². The van der Waals surface area contributed by atoms with Gasteiger partial charge < -0.3 is 15.4 Å². The van der Waals surface area contributed by atoms with Gasteiger partial charge in [0.05, 0.1) is 18.5 Å². The zero-order chi connectivity index (χ0) is 17.0. The molecule has 0 saturated heterocycles. The average molecular weight is 332 g/mol. The van der Waals surface area contributed by atoms with Gasteiger partial charge in [0.2, 0.25) is 0 Å². The van der Waals surface area contributed by atoms with Crippen LogP contribution in [0.2, 0.25) is 0 Å². The Morgan fingerprint density at radius 1 is 1.30 bits per heavy atom. The predicted molar refractivity (Wildman–Crippen MR) is 98.2 cm³/mol. The van der Waals surface area contributed by atoms with E-state index in [9.17, 15) is 0 Å². The monoisotopic (exact) mass is 332 g/mol. The first-order chi connectivity index (χ1) is 11.0. The van der Waals surface area contributed by atoms with Crippen LogP contribution in [0.25, 0.3) is 0 Å². The highest BCUT2D eigenvalue weighted by Crippen LogP contribution is 2.25. The van der Waals surface area contributed by atoms with E-state index in [1.54, 1.807) is 7.11 Å². The number of methoxy groups -OCH3 is 1. The second-order valence-corrected chi connectivity index (χ2v) is 5.88. The Labute approximate surface area is 143 Å². The Kier molecular flexibility index (Phi) is 5.60. The molecule has 1 aromatic heterocycles. The quantitative estimate of drug-likeness (QED) is 0.823. The van der Waals surface area contributed by atoms with Crippen LogP contribution in [0.5, 0.6) is 5.75 Å². The molecule has 5 nitrogen and oxygen atoms in total. The minimum absolute atomic E-state index is 0.567. The van der Waals surface area contributed by atoms with Crippen molar-refractivity contribution < 1.29 is 4.74 Å². The van der Waals surface area contributed by atoms with E-state index in [4.69, 9.17) is 17.0 Å². The SMILES string of the molecule is CCn1nc(C)c(CNC(=S)Nc2cc(C)ccc2OC)c1C. The Bertz CT molecular complexity index is 709. The molecule has 2 N–H and O–H groups in total. The third kappa shape index (κ3) is 4.01. The predicted octanol–water partition coefficient (Wildman–Crippen LogP) is 3.32. The molecule has 0 amide bonds. The molecule has 2 aromatic rings. The standard InChI is InChI=1S/C17H24N4OS/c1-6-21-13(4)14(12(3)20-21)10-18-17(23)19-15-9-11(2)7-8-16(15)22-5/h7-9H,6,10H2,1-5H3,(H2,18,19,23). The number of ether oxygens (including phenoxy) is 1. The molecular formula is C17H24N4OS. The third-order valence-electron chi connectivity index (χ3n) is 3.86. The van der Waals surface area contributed by atoms with Crippen LogP contribution < -0.4 is 15.4 Å². The Morgan fingerprint density at radius 2 is 2.04 bits per heavy atom. The molecule has 0 unspecified atom stereocenters. The zero-order valence-electron chi connectivity index (χ0n) is 14.4. The van der Waals surface area contributed by atoms with Gasteiger partial charge in [-0.3, -0.25) is 4.68 Å². The fraction of sp³-hybridized carbons (Fsp3) is 0.412. The fourth-order valence-corrected chi connectivity index (χ4v) is 2.73. The van der Waals surface area contributed by atoms with Crippen molar-refractivity contribution >= 4 is 23.0 Å². The van der Waals surface area contributed by atoms with E-state index in [1.807, 2.05) is 36.7 Å². The van der Waals surface area contributed by atoms with Crippen molar-refractivity contribution in [1.82, 2.24) is 15.1 Å². The number of hydrogen-bond donors (Lipinski definition) is 2. The molecule has 0 atom stereocenters. The molecule has 0 aliphatic rings. The molecule has 0 bridgehead atoms. The number of benzene rings is 1. The Morgan fingerprint density at radius 3 is 2.65 bits per heavy atom. The zero-order valence-corrected chi connectivity index (χ0v) is 15.2. The summed E-state index contributed by atoms with van der Waals surface area (Å²) in [5.41, 5.74) is 5.41. The average Bonchev–Trinajstić information content (AvgIpc) is 2.79. The number of aromatic nitrogens is 2. The van der Waals surface area contributed by atoms with E-state index >= 15 is 0 Å². The van der Waals surface area contributed by atoms with Gasteiger partial charge in [-0.05, 0) is 57.6 Å². The molecule has 0 aliphatic heterocycles. The highest BCUT2D eigenvalue weighted by atomic mass is 32.1. The minimum atomic E-state index is 0.567. The van der Waals surface area contributed by atoms with Gasteiger partial charge in [0.25, 0.3) is 0 Å². The van der Waals surface area contributed by atoms with Crippen LogP contribution in [-0.4, -0.2) is 22.0 Å². The summed E-state index contributed by atoms with van der Waals surface area (Å²) >= 11 is 5.40. The summed E-state index contributed by atoms with van der Waals surface area (Å²) in [6.07, 6.45) is 0. The van der Waals surface area contributed by atoms with Crippen molar-refractivity contribution in [1.29, 1.82) is 0 Å². The van der Waals surface area contributed by atoms with Crippen LogP contribution >= 0.6 is 12.2 Å². The third-order valence-corrected chi connectivity index (χ3v) is 4.11. The van der Waals surface area contributed by atoms with Gasteiger partial charge in [-0.25, -0.2) is 0 Å². The van der Waals surface area contributed by atoms with Crippen LogP contribution in [0, 0.1) is 20.8 Å². The van der Waals surface area contributed by atoms with Crippen molar-refractivity contribution in [2.75, 3.05) is 12.4 Å². The number of aryl methyl sites for hydroxylation is 3. The lowest BCUT2D eigenvalue weighted by molar-refractivity contribution is 0.417. The summed E-state index contributed by atoms with van der Waals surface area (Å²) in [5.74, 6) is 0.769. The largest absolute Gasteiger partial charge is 0.495 e. The molecular weight excluding hydrogens is 308 g/mol. The minimum Gasteiger partial charge on any atom is -0.495 e. The first-order valence-electron chi connectivity index (χ1n) is 7.68. The lowest BCUT2D eigenvalue weighted by Gasteiger charge is -2.14. The number of nitrogens with zero attached hydrogens (tertiary/aromatic N) is 2. The lowest BCUT2D eigenvalue weighted by Crippen LogP contribution is -2.28. The van der Waals surface area contributed by atoms with Gasteiger partial charge in [-0.15, -0.1) is 0 Å². The highest BCUT2D eigenvalue weighted by molar-refractivity contribution is 7.80. The van der Waals surface area contributed by atoms with Gasteiger partial charge in [0.15, 0.2) is 5.11 Å². The molecule has 2 rings (SSSR count). The molecule has 23 heavy (non-hydrogen) atoms. The van der Waals surface area contributed by atoms with Crippen molar-refractivity contribution in [3.8, 4) is 5.75 Å². The van der Waals surface area contributed by atoms with E-state index in [0.717, 1.165) is 29.2 Å². The van der Waals surface area contributed by atoms with E-state index < -0.39 is 0 Å². The van der Waals surface area contributed by atoms with Crippen molar-refractivity contribution in [3.05, 3.63) is 40.7 Å². The maximum absolute atomic E-state index is 5.40. The second kappa shape index (κ2) is 7.46. The molecule has 1 heterocycles. The highest BCUT2D eigenvalue weighted by Gasteiger charge is 2.11. The van der Waals surface area contributed by atoms with Crippen molar-refractivity contribution in [2.45, 2.75) is 40.8 Å². The number of hydrogen-bond acceptors (Lipinski definition) is 3. The van der Waals surface area contributed by atoms with E-state index in [2.05, 4.69) is 29.6 Å². The van der Waals surface area contributed by atoms with Gasteiger partial charge in [0, 0.05) is 24.3 Å². The number of thiocarbonyl (C=S) groups is 1. The number of anilines is 1. The van der Waals surface area contributed by atoms with Crippen LogP contribution in [-0.2, 0) is 13.1 Å². The molecule has 0 spiro atoms. The Hall–Kier alpha value is -2.08. The lowest BCUT2D eigenvalue weighted by atomic mass is 10.2. The van der Waals surface area contributed by atoms with E-state index in [1.165, 1.54) is 11.3 Å². The summed E-state index contributed by atoms with van der Waals surface area (Å²) in [6.45, 7) is 9.75. The smallest absolute Gasteiger partial charge is 0.171 e. The number of nitrogens with one attached hydrogen (secondary N) is 2. The molecule has 0 aliphatic carbocycles. The first-order valence-corrected chi connectivity index (χ1v) is 8.09. The maximum atomic E-state index is 5.40. The normalized spacial score (nSPS) is 10.5. The molecule has 0 radical (unpaired) electrons. The fourth-order valence-electron chi connectivity index (χ4n) is 2.55. The van der Waals surface area contributed by atoms with Gasteiger partial charge >= 0.3 is 0 Å².